The number of likely N-dealkylation sites (tertiary alicyclic amines) is 1. The van der Waals surface area contributed by atoms with Crippen molar-refractivity contribution in [3.05, 3.63) is 65.0 Å². The second-order valence-corrected chi connectivity index (χ2v) is 8.22. The van der Waals surface area contributed by atoms with Gasteiger partial charge >= 0.3 is 0 Å². The number of piperidine rings is 1. The van der Waals surface area contributed by atoms with Crippen LogP contribution in [-0.4, -0.2) is 28.0 Å². The Bertz CT molecular complexity index is 1170. The quantitative estimate of drug-likeness (QED) is 0.584. The number of hydrogen-bond donors (Lipinski definition) is 1. The lowest BCUT2D eigenvalue weighted by atomic mass is 9.93. The number of aromatic amines is 1. The SMILES string of the molecule is CCN1CCCCC1c1ccc(-c2cnc3[nH]c4c(c3c2)C=C(C#N)CC=C4)cc1. The highest BCUT2D eigenvalue weighted by molar-refractivity contribution is 5.94. The molecule has 3 aromatic rings. The molecule has 1 aromatic carbocycles. The van der Waals surface area contributed by atoms with Gasteiger partial charge in [0.2, 0.25) is 0 Å². The number of nitrogens with one attached hydrogen (secondary N) is 1. The monoisotopic (exact) mass is 394 g/mol. The average molecular weight is 395 g/mol. The number of nitrogens with zero attached hydrogens (tertiary/aromatic N) is 3. The van der Waals surface area contributed by atoms with E-state index in [1.54, 1.807) is 0 Å². The number of aromatic nitrogens is 2. The summed E-state index contributed by atoms with van der Waals surface area (Å²) in [7, 11) is 0. The normalized spacial score (nSPS) is 19.2. The van der Waals surface area contributed by atoms with Crippen molar-refractivity contribution in [1.29, 1.82) is 5.26 Å². The summed E-state index contributed by atoms with van der Waals surface area (Å²) < 4.78 is 0. The summed E-state index contributed by atoms with van der Waals surface area (Å²) in [5.41, 5.74) is 7.41. The van der Waals surface area contributed by atoms with Crippen molar-refractivity contribution < 1.29 is 0 Å². The Morgan fingerprint density at radius 3 is 2.87 bits per heavy atom. The van der Waals surface area contributed by atoms with E-state index in [0.717, 1.165) is 40.0 Å². The summed E-state index contributed by atoms with van der Waals surface area (Å²) in [6.45, 7) is 4.57. The van der Waals surface area contributed by atoms with Crippen molar-refractivity contribution in [2.75, 3.05) is 13.1 Å². The van der Waals surface area contributed by atoms with Gasteiger partial charge in [-0.15, -0.1) is 0 Å². The summed E-state index contributed by atoms with van der Waals surface area (Å²) in [5, 5.41) is 10.4. The molecule has 0 spiro atoms. The molecule has 1 aliphatic heterocycles. The number of benzene rings is 1. The van der Waals surface area contributed by atoms with Gasteiger partial charge in [-0.2, -0.15) is 5.26 Å². The van der Waals surface area contributed by atoms with Crippen molar-refractivity contribution >= 4 is 23.2 Å². The number of allylic oxidation sites excluding steroid dienone is 2. The van der Waals surface area contributed by atoms with E-state index in [4.69, 9.17) is 0 Å². The second kappa shape index (κ2) is 7.93. The summed E-state index contributed by atoms with van der Waals surface area (Å²) in [6.07, 6.45) is 12.6. The molecule has 150 valence electrons. The molecule has 0 saturated carbocycles. The van der Waals surface area contributed by atoms with Crippen molar-refractivity contribution in [2.24, 2.45) is 0 Å². The van der Waals surface area contributed by atoms with Crippen LogP contribution < -0.4 is 0 Å². The van der Waals surface area contributed by atoms with Gasteiger partial charge < -0.3 is 4.98 Å². The largest absolute Gasteiger partial charge is 0.339 e. The van der Waals surface area contributed by atoms with E-state index >= 15 is 0 Å². The predicted octanol–water partition coefficient (Wildman–Crippen LogP) is 6.10. The van der Waals surface area contributed by atoms with E-state index in [-0.39, 0.29) is 0 Å². The first-order chi connectivity index (χ1) is 14.8. The Morgan fingerprint density at radius 2 is 2.07 bits per heavy atom. The average Bonchev–Trinajstić information content (AvgIpc) is 3.01. The molecule has 2 aromatic heterocycles. The molecule has 3 heterocycles. The molecule has 1 aliphatic carbocycles. The third-order valence-electron chi connectivity index (χ3n) is 6.45. The van der Waals surface area contributed by atoms with Gasteiger partial charge in [0.15, 0.2) is 0 Å². The minimum atomic E-state index is 0.542. The first-order valence-electron chi connectivity index (χ1n) is 10.9. The summed E-state index contributed by atoms with van der Waals surface area (Å²) in [4.78, 5) is 10.6. The van der Waals surface area contributed by atoms with E-state index in [9.17, 15) is 5.26 Å². The Labute approximate surface area is 177 Å². The highest BCUT2D eigenvalue weighted by Crippen LogP contribution is 2.34. The van der Waals surface area contributed by atoms with Crippen molar-refractivity contribution in [1.82, 2.24) is 14.9 Å². The molecule has 30 heavy (non-hydrogen) atoms. The number of fused-ring (bicyclic) bond motifs is 3. The highest BCUT2D eigenvalue weighted by Gasteiger charge is 2.22. The van der Waals surface area contributed by atoms with E-state index in [2.05, 4.69) is 64.3 Å². The Morgan fingerprint density at radius 1 is 1.20 bits per heavy atom. The second-order valence-electron chi connectivity index (χ2n) is 8.22. The predicted molar refractivity (Wildman–Crippen MR) is 123 cm³/mol. The summed E-state index contributed by atoms with van der Waals surface area (Å²) in [5.74, 6) is 0. The fourth-order valence-corrected chi connectivity index (χ4v) is 4.81. The highest BCUT2D eigenvalue weighted by atomic mass is 15.2. The number of nitriles is 1. The van der Waals surface area contributed by atoms with E-state index in [0.29, 0.717) is 12.5 Å². The molecule has 4 nitrogen and oxygen atoms in total. The van der Waals surface area contributed by atoms with E-state index < -0.39 is 0 Å². The van der Waals surface area contributed by atoms with Gasteiger partial charge in [-0.1, -0.05) is 43.7 Å². The number of rotatable bonds is 3. The zero-order chi connectivity index (χ0) is 20.5. The van der Waals surface area contributed by atoms with Crippen molar-refractivity contribution in [2.45, 2.75) is 38.6 Å². The number of hydrogen-bond acceptors (Lipinski definition) is 3. The minimum absolute atomic E-state index is 0.542. The fraction of sp³-hybridized carbons (Fsp3) is 0.308. The zero-order valence-electron chi connectivity index (χ0n) is 17.4. The van der Waals surface area contributed by atoms with Crippen LogP contribution in [0, 0.1) is 11.3 Å². The lowest BCUT2D eigenvalue weighted by Gasteiger charge is -2.35. The van der Waals surface area contributed by atoms with Gasteiger partial charge in [0.1, 0.15) is 5.65 Å². The first-order valence-corrected chi connectivity index (χ1v) is 10.9. The summed E-state index contributed by atoms with van der Waals surface area (Å²) >= 11 is 0. The van der Waals surface area contributed by atoms with Crippen LogP contribution in [0.2, 0.25) is 0 Å². The molecule has 0 radical (unpaired) electrons. The van der Waals surface area contributed by atoms with Gasteiger partial charge in [-0.25, -0.2) is 4.98 Å². The smallest absolute Gasteiger partial charge is 0.138 e. The van der Waals surface area contributed by atoms with Gasteiger partial charge in [0.25, 0.3) is 0 Å². The van der Waals surface area contributed by atoms with Crippen LogP contribution in [0.5, 0.6) is 0 Å². The maximum Gasteiger partial charge on any atom is 0.138 e. The van der Waals surface area contributed by atoms with E-state index in [1.165, 1.54) is 36.9 Å². The Balaban J connectivity index is 1.50. The number of pyridine rings is 1. The van der Waals surface area contributed by atoms with Crippen LogP contribution in [0.1, 0.15) is 55.5 Å². The molecule has 0 amide bonds. The molecule has 1 saturated heterocycles. The van der Waals surface area contributed by atoms with Crippen LogP contribution in [-0.2, 0) is 0 Å². The zero-order valence-corrected chi connectivity index (χ0v) is 17.4. The third kappa shape index (κ3) is 3.36. The topological polar surface area (TPSA) is 55.7 Å². The maximum absolute atomic E-state index is 9.37. The lowest BCUT2D eigenvalue weighted by Crippen LogP contribution is -2.33. The Kier molecular flexibility index (Phi) is 4.98. The van der Waals surface area contributed by atoms with Crippen LogP contribution in [0.15, 0.2) is 48.2 Å². The fourth-order valence-electron chi connectivity index (χ4n) is 4.81. The molecule has 1 fully saturated rings. The molecule has 0 bridgehead atoms. The van der Waals surface area contributed by atoms with Gasteiger partial charge in [0, 0.05) is 46.4 Å². The van der Waals surface area contributed by atoms with Crippen molar-refractivity contribution in [3.63, 3.8) is 0 Å². The van der Waals surface area contributed by atoms with Crippen LogP contribution >= 0.6 is 0 Å². The summed E-state index contributed by atoms with van der Waals surface area (Å²) in [6, 6.07) is 14.1. The van der Waals surface area contributed by atoms with Gasteiger partial charge in [-0.3, -0.25) is 4.90 Å². The van der Waals surface area contributed by atoms with Crippen LogP contribution in [0.25, 0.3) is 34.3 Å². The maximum atomic E-state index is 9.37. The van der Waals surface area contributed by atoms with Crippen LogP contribution in [0.4, 0.5) is 0 Å². The molecule has 1 N–H and O–H groups in total. The van der Waals surface area contributed by atoms with E-state index in [1.807, 2.05) is 18.3 Å². The minimum Gasteiger partial charge on any atom is -0.339 e. The number of H-pyrrole nitrogens is 1. The third-order valence-corrected chi connectivity index (χ3v) is 6.45. The first kappa shape index (κ1) is 18.8. The van der Waals surface area contributed by atoms with Gasteiger partial charge in [0.05, 0.1) is 6.07 Å². The Hall–Kier alpha value is -3.16. The molecular weight excluding hydrogens is 368 g/mol. The van der Waals surface area contributed by atoms with Gasteiger partial charge in [-0.05, 0) is 55.3 Å². The molecule has 4 heteroatoms. The molecule has 1 atom stereocenters. The standard InChI is InChI=1S/C26H26N4/c1-2-30-13-4-3-8-25(30)20-11-9-19(10-12-20)21-15-23-22-14-18(16-27)6-5-7-24(22)29-26(23)28-17-21/h5,7,9-12,14-15,17,25H,2-4,6,8,13H2,1H3,(H,28,29). The molecule has 2 aliphatic rings. The lowest BCUT2D eigenvalue weighted by molar-refractivity contribution is 0.157. The molecule has 1 unspecified atom stereocenters. The van der Waals surface area contributed by atoms with Crippen molar-refractivity contribution in [3.8, 4) is 17.2 Å². The molecular formula is C26H26N4. The molecule has 5 rings (SSSR count). The van der Waals surface area contributed by atoms with Crippen LogP contribution in [0.3, 0.4) is 0 Å².